The molecule has 0 atom stereocenters. The van der Waals surface area contributed by atoms with Gasteiger partial charge in [0, 0.05) is 11.2 Å². The summed E-state index contributed by atoms with van der Waals surface area (Å²) in [5, 5.41) is 14.7. The van der Waals surface area contributed by atoms with Gasteiger partial charge in [-0.05, 0) is 23.0 Å². The van der Waals surface area contributed by atoms with Crippen molar-refractivity contribution in [3.8, 4) is 0 Å². The monoisotopic (exact) mass is 218 g/mol. The van der Waals surface area contributed by atoms with Crippen LogP contribution in [0.4, 0.5) is 0 Å². The van der Waals surface area contributed by atoms with E-state index in [-0.39, 0.29) is 0 Å². The van der Waals surface area contributed by atoms with Crippen molar-refractivity contribution in [2.45, 2.75) is 26.2 Å². The zero-order valence-corrected chi connectivity index (χ0v) is 9.22. The molecule has 0 aliphatic carbocycles. The molecule has 16 heavy (non-hydrogen) atoms. The number of fused-ring (bicyclic) bond motifs is 1. The van der Waals surface area contributed by atoms with Crippen molar-refractivity contribution in [1.29, 1.82) is 0 Å². The van der Waals surface area contributed by atoms with Gasteiger partial charge in [-0.15, -0.1) is 0 Å². The minimum absolute atomic E-state index is 0.417. The summed E-state index contributed by atoms with van der Waals surface area (Å²) in [5.41, 5.74) is 2.09. The Kier molecular flexibility index (Phi) is 3.19. The van der Waals surface area contributed by atoms with Crippen LogP contribution in [0.2, 0.25) is 0 Å². The molecule has 0 radical (unpaired) electrons. The molecule has 0 bridgehead atoms. The van der Waals surface area contributed by atoms with Gasteiger partial charge in [-0.3, -0.25) is 4.63 Å². The van der Waals surface area contributed by atoms with E-state index in [9.17, 15) is 5.21 Å². The molecule has 84 valence electrons. The number of aromatic nitrogens is 2. The molecule has 0 unspecified atom stereocenters. The third-order valence-corrected chi connectivity index (χ3v) is 2.44. The van der Waals surface area contributed by atoms with Gasteiger partial charge in [0.05, 0.1) is 0 Å². The molecule has 0 saturated heterocycles. The minimum atomic E-state index is 0.417. The second-order valence-electron chi connectivity index (χ2n) is 3.72. The predicted octanol–water partition coefficient (Wildman–Crippen LogP) is 2.66. The van der Waals surface area contributed by atoms with Gasteiger partial charge in [-0.25, -0.2) is 0 Å². The Balaban J connectivity index is 2.16. The van der Waals surface area contributed by atoms with Gasteiger partial charge < -0.3 is 5.21 Å². The second-order valence-corrected chi connectivity index (χ2v) is 3.72. The average Bonchev–Trinajstić information content (AvgIpc) is 2.66. The summed E-state index contributed by atoms with van der Waals surface area (Å²) >= 11 is 0. The van der Waals surface area contributed by atoms with Gasteiger partial charge in [0.25, 0.3) is 0 Å². The molecule has 1 aromatic heterocycles. The Morgan fingerprint density at radius 3 is 3.19 bits per heavy atom. The van der Waals surface area contributed by atoms with Crippen LogP contribution in [-0.2, 0) is 0 Å². The first kappa shape index (κ1) is 10.7. The highest BCUT2D eigenvalue weighted by atomic mass is 16.8. The lowest BCUT2D eigenvalue weighted by atomic mass is 10.1. The van der Waals surface area contributed by atoms with Crippen LogP contribution in [0.25, 0.3) is 17.1 Å². The fraction of sp³-hybridized carbons (Fsp3) is 0.333. The molecular weight excluding hydrogens is 204 g/mol. The van der Waals surface area contributed by atoms with Crippen molar-refractivity contribution in [3.63, 3.8) is 0 Å². The van der Waals surface area contributed by atoms with Gasteiger partial charge in [0.1, 0.15) is 0 Å². The molecule has 4 heteroatoms. The fourth-order valence-corrected chi connectivity index (χ4v) is 1.54. The van der Waals surface area contributed by atoms with Crippen LogP contribution in [-0.4, -0.2) is 5.16 Å². The predicted molar refractivity (Wildman–Crippen MR) is 61.5 cm³/mol. The molecular formula is C12H14N2O2. The topological polar surface area (TPSA) is 53.0 Å². The van der Waals surface area contributed by atoms with Gasteiger partial charge in [-0.2, -0.15) is 0 Å². The van der Waals surface area contributed by atoms with E-state index in [1.807, 2.05) is 18.2 Å². The van der Waals surface area contributed by atoms with Gasteiger partial charge in [0.15, 0.2) is 0 Å². The van der Waals surface area contributed by atoms with E-state index in [2.05, 4.69) is 22.8 Å². The summed E-state index contributed by atoms with van der Waals surface area (Å²) in [5.74, 6) is 0. The van der Waals surface area contributed by atoms with Crippen LogP contribution in [0, 0.1) is 5.21 Å². The molecule has 4 nitrogen and oxygen atoms in total. The highest BCUT2D eigenvalue weighted by molar-refractivity contribution is 5.74. The Morgan fingerprint density at radius 1 is 1.50 bits per heavy atom. The summed E-state index contributed by atoms with van der Waals surface area (Å²) in [6.45, 7) is 2.17. The van der Waals surface area contributed by atoms with Crippen molar-refractivity contribution < 1.29 is 9.53 Å². The van der Waals surface area contributed by atoms with Crippen molar-refractivity contribution in [3.05, 3.63) is 35.0 Å². The van der Waals surface area contributed by atoms with Crippen LogP contribution in [0.3, 0.4) is 0 Å². The number of benzene rings is 1. The largest absolute Gasteiger partial charge is 0.359 e. The van der Waals surface area contributed by atoms with Crippen LogP contribution in [0.15, 0.2) is 28.9 Å². The molecule has 0 aliphatic heterocycles. The Morgan fingerprint density at radius 2 is 2.38 bits per heavy atom. The molecule has 0 fully saturated rings. The lowest BCUT2D eigenvalue weighted by molar-refractivity contribution is -0.782. The summed E-state index contributed by atoms with van der Waals surface area (Å²) in [6, 6.07) is 5.45. The zero-order valence-electron chi connectivity index (χ0n) is 9.22. The maximum absolute atomic E-state index is 11.1. The van der Waals surface area contributed by atoms with E-state index in [0.717, 1.165) is 12.0 Å². The third kappa shape index (κ3) is 2.21. The number of hydrogen-bond acceptors (Lipinski definition) is 3. The first-order valence-electron chi connectivity index (χ1n) is 5.47. The average molecular weight is 218 g/mol. The number of nitrogens with zero attached hydrogens (tertiary/aromatic N) is 2. The summed E-state index contributed by atoms with van der Waals surface area (Å²) in [6.07, 6.45) is 7.65. The number of rotatable bonds is 4. The number of unbranched alkanes of at least 4 members (excludes halogenated alkanes) is 2. The van der Waals surface area contributed by atoms with Crippen LogP contribution in [0.5, 0.6) is 0 Å². The normalized spacial score (nSPS) is 11.6. The van der Waals surface area contributed by atoms with Crippen molar-refractivity contribution in [2.75, 3.05) is 0 Å². The van der Waals surface area contributed by atoms with Gasteiger partial charge in [0.2, 0.25) is 11.0 Å². The number of allylic oxidation sites excluding steroid dienone is 1. The van der Waals surface area contributed by atoms with Crippen molar-refractivity contribution in [1.82, 2.24) is 5.16 Å². The summed E-state index contributed by atoms with van der Waals surface area (Å²) in [4.78, 5) is 0.417. The van der Waals surface area contributed by atoms with E-state index >= 15 is 0 Å². The van der Waals surface area contributed by atoms with E-state index < -0.39 is 0 Å². The highest BCUT2D eigenvalue weighted by Crippen LogP contribution is 2.12. The molecule has 1 heterocycles. The molecule has 0 N–H and O–H groups in total. The van der Waals surface area contributed by atoms with Crippen LogP contribution in [0.1, 0.15) is 31.7 Å². The van der Waals surface area contributed by atoms with Crippen LogP contribution >= 0.6 is 0 Å². The molecule has 1 aromatic carbocycles. The lowest BCUT2D eigenvalue weighted by Gasteiger charge is -1.91. The first-order chi connectivity index (χ1) is 7.81. The van der Waals surface area contributed by atoms with E-state index in [0.29, 0.717) is 15.9 Å². The number of hydrogen-bond donors (Lipinski definition) is 0. The van der Waals surface area contributed by atoms with Crippen LogP contribution < -0.4 is 4.90 Å². The second kappa shape index (κ2) is 4.79. The Hall–Kier alpha value is -1.84. The molecule has 0 spiro atoms. The van der Waals surface area contributed by atoms with Crippen molar-refractivity contribution >= 4 is 17.1 Å². The third-order valence-electron chi connectivity index (χ3n) is 2.44. The highest BCUT2D eigenvalue weighted by Gasteiger charge is 2.07. The van der Waals surface area contributed by atoms with Crippen molar-refractivity contribution in [2.24, 2.45) is 0 Å². The van der Waals surface area contributed by atoms with E-state index in [4.69, 9.17) is 0 Å². The standard InChI is InChI=1S/C12H14N2O2/c1-2-3-4-5-6-10-7-8-12-11(9-10)13-16-14(12)15/h5-9H,2-4H2,1H3/b6-5+. The lowest BCUT2D eigenvalue weighted by Crippen LogP contribution is -2.22. The fourth-order valence-electron chi connectivity index (χ4n) is 1.54. The molecule has 2 rings (SSSR count). The smallest absolute Gasteiger partial charge is 0.249 e. The maximum Gasteiger partial charge on any atom is 0.249 e. The van der Waals surface area contributed by atoms with Gasteiger partial charge >= 0.3 is 0 Å². The Labute approximate surface area is 93.7 Å². The van der Waals surface area contributed by atoms with Gasteiger partial charge in [-0.1, -0.05) is 38.0 Å². The van der Waals surface area contributed by atoms with E-state index in [1.54, 1.807) is 6.07 Å². The first-order valence-corrected chi connectivity index (χ1v) is 5.47. The summed E-state index contributed by atoms with van der Waals surface area (Å²) in [7, 11) is 0. The molecule has 0 aliphatic rings. The maximum atomic E-state index is 11.1. The Bertz CT molecular complexity index is 503. The molecule has 2 aromatic rings. The quantitative estimate of drug-likeness (QED) is 0.585. The summed E-state index contributed by atoms with van der Waals surface area (Å²) < 4.78 is 4.50. The SMILES string of the molecule is CCCC/C=C/c1ccc2c(c1)no[n+]2[O-]. The van der Waals surface area contributed by atoms with E-state index in [1.165, 1.54) is 12.8 Å². The minimum Gasteiger partial charge on any atom is -0.359 e. The molecule has 0 saturated carbocycles. The zero-order chi connectivity index (χ0) is 11.4. The molecule has 0 amide bonds.